The van der Waals surface area contributed by atoms with Gasteiger partial charge in [0.15, 0.2) is 0 Å². The molecule has 0 saturated heterocycles. The first-order valence-corrected chi connectivity index (χ1v) is 9.59. The molecule has 0 aliphatic carbocycles. The molecular formula is C19H13F17O2. The van der Waals surface area contributed by atoms with Gasteiger partial charge in [-0.15, -0.1) is 0 Å². The molecule has 220 valence electrons. The van der Waals surface area contributed by atoms with Gasteiger partial charge < -0.3 is 4.74 Å². The number of carbonyl (C=O) groups excluding carboxylic acids is 1. The zero-order valence-corrected chi connectivity index (χ0v) is 18.1. The quantitative estimate of drug-likeness (QED) is 0.191. The fourth-order valence-electron chi connectivity index (χ4n) is 2.66. The molecule has 0 amide bonds. The van der Waals surface area contributed by atoms with Crippen LogP contribution >= 0.6 is 0 Å². The van der Waals surface area contributed by atoms with Crippen molar-refractivity contribution in [2.24, 2.45) is 0 Å². The summed E-state index contributed by atoms with van der Waals surface area (Å²) in [5.41, 5.74) is 0.183. The Morgan fingerprint density at radius 2 is 1.00 bits per heavy atom. The molecule has 0 bridgehead atoms. The number of ether oxygens (including phenoxy) is 1. The standard InChI is InChI=1S/C19H13F17O2/c1-9(10-5-3-2-4-6-10)38-11(37)7-8-12(20,21)13(22,23)14(24,25)15(26,27)16(28,29)17(30,31)18(32,33)19(34,35)36/h2-6,9H,7-8H2,1H3. The van der Waals surface area contributed by atoms with Crippen LogP contribution in [0, 0.1) is 0 Å². The summed E-state index contributed by atoms with van der Waals surface area (Å²) in [4.78, 5) is 11.6. The second-order valence-corrected chi connectivity index (χ2v) is 7.69. The molecule has 1 aromatic carbocycles. The number of halogens is 17. The maximum atomic E-state index is 13.8. The first kappa shape index (κ1) is 33.5. The summed E-state index contributed by atoms with van der Waals surface area (Å²) < 4.78 is 229. The van der Waals surface area contributed by atoms with Gasteiger partial charge in [0.2, 0.25) is 0 Å². The SMILES string of the molecule is CC(OC(=O)CCC(F)(F)C(F)(F)C(F)(F)C(F)(F)C(F)(F)C(F)(F)C(F)(F)C(F)(F)F)c1ccccc1. The van der Waals surface area contributed by atoms with Gasteiger partial charge in [0.1, 0.15) is 6.10 Å². The third kappa shape index (κ3) is 5.20. The van der Waals surface area contributed by atoms with Gasteiger partial charge in [-0.05, 0) is 12.5 Å². The Bertz CT molecular complexity index is 969. The predicted molar refractivity (Wildman–Crippen MR) is 90.9 cm³/mol. The Kier molecular flexibility index (Phi) is 8.75. The van der Waals surface area contributed by atoms with Crippen LogP contribution in [-0.4, -0.2) is 53.6 Å². The van der Waals surface area contributed by atoms with Crippen molar-refractivity contribution in [2.75, 3.05) is 0 Å². The molecule has 0 spiro atoms. The zero-order chi connectivity index (χ0) is 30.4. The maximum absolute atomic E-state index is 13.8. The van der Waals surface area contributed by atoms with Gasteiger partial charge in [-0.2, -0.15) is 74.6 Å². The molecule has 0 heterocycles. The Hall–Kier alpha value is -2.50. The summed E-state index contributed by atoms with van der Waals surface area (Å²) >= 11 is 0. The van der Waals surface area contributed by atoms with Gasteiger partial charge in [0, 0.05) is 6.42 Å². The average molecular weight is 596 g/mol. The van der Waals surface area contributed by atoms with Crippen LogP contribution in [0.1, 0.15) is 31.4 Å². The molecule has 38 heavy (non-hydrogen) atoms. The summed E-state index contributed by atoms with van der Waals surface area (Å²) in [7, 11) is 0. The summed E-state index contributed by atoms with van der Waals surface area (Å²) in [6.45, 7) is 1.10. The molecular weight excluding hydrogens is 583 g/mol. The number of rotatable bonds is 11. The van der Waals surface area contributed by atoms with Gasteiger partial charge in [-0.25, -0.2) is 0 Å². The lowest BCUT2D eigenvalue weighted by atomic mass is 9.88. The van der Waals surface area contributed by atoms with Crippen molar-refractivity contribution in [1.29, 1.82) is 0 Å². The van der Waals surface area contributed by atoms with E-state index in [-0.39, 0.29) is 5.56 Å². The third-order valence-electron chi connectivity index (χ3n) is 5.01. The topological polar surface area (TPSA) is 26.3 Å². The Labute approximate surface area is 200 Å². The summed E-state index contributed by atoms with van der Waals surface area (Å²) in [5, 5.41) is 0. The van der Waals surface area contributed by atoms with Gasteiger partial charge in [-0.1, -0.05) is 30.3 Å². The van der Waals surface area contributed by atoms with Crippen LogP contribution in [0.25, 0.3) is 0 Å². The highest BCUT2D eigenvalue weighted by molar-refractivity contribution is 5.69. The van der Waals surface area contributed by atoms with Crippen molar-refractivity contribution in [1.82, 2.24) is 0 Å². The Balaban J connectivity index is 3.27. The van der Waals surface area contributed by atoms with E-state index in [1.807, 2.05) is 0 Å². The summed E-state index contributed by atoms with van der Waals surface area (Å²) in [6.07, 6.45) is -13.9. The molecule has 0 N–H and O–H groups in total. The van der Waals surface area contributed by atoms with Gasteiger partial charge in [0.05, 0.1) is 6.42 Å². The fraction of sp³-hybridized carbons (Fsp3) is 0.632. The van der Waals surface area contributed by atoms with Crippen molar-refractivity contribution in [3.63, 3.8) is 0 Å². The van der Waals surface area contributed by atoms with Crippen LogP contribution in [0.5, 0.6) is 0 Å². The van der Waals surface area contributed by atoms with Crippen LogP contribution in [0.15, 0.2) is 30.3 Å². The first-order valence-electron chi connectivity index (χ1n) is 9.59. The number of hydrogen-bond acceptors (Lipinski definition) is 2. The molecule has 2 nitrogen and oxygen atoms in total. The Morgan fingerprint density at radius 1 is 0.632 bits per heavy atom. The Morgan fingerprint density at radius 3 is 1.39 bits per heavy atom. The third-order valence-corrected chi connectivity index (χ3v) is 5.01. The molecule has 1 atom stereocenters. The van der Waals surface area contributed by atoms with E-state index >= 15 is 0 Å². The van der Waals surface area contributed by atoms with Crippen molar-refractivity contribution in [3.05, 3.63) is 35.9 Å². The van der Waals surface area contributed by atoms with E-state index in [2.05, 4.69) is 4.74 Å². The lowest BCUT2D eigenvalue weighted by Gasteiger charge is -2.42. The van der Waals surface area contributed by atoms with E-state index in [1.165, 1.54) is 30.3 Å². The zero-order valence-electron chi connectivity index (χ0n) is 18.1. The second-order valence-electron chi connectivity index (χ2n) is 7.69. The van der Waals surface area contributed by atoms with Crippen LogP contribution in [0.4, 0.5) is 74.6 Å². The summed E-state index contributed by atoms with van der Waals surface area (Å²) in [6, 6.07) is 6.87. The van der Waals surface area contributed by atoms with Crippen LogP contribution in [-0.2, 0) is 9.53 Å². The predicted octanol–water partition coefficient (Wildman–Crippen LogP) is 8.08. The molecule has 0 saturated carbocycles. The van der Waals surface area contributed by atoms with E-state index in [0.29, 0.717) is 0 Å². The number of esters is 1. The second kappa shape index (κ2) is 9.91. The number of alkyl halides is 17. The molecule has 1 rings (SSSR count). The smallest absolute Gasteiger partial charge is 0.458 e. The minimum Gasteiger partial charge on any atom is -0.458 e. The molecule has 1 aromatic rings. The largest absolute Gasteiger partial charge is 0.460 e. The molecule has 0 aliphatic heterocycles. The molecule has 0 fully saturated rings. The lowest BCUT2D eigenvalue weighted by molar-refractivity contribution is -0.461. The fourth-order valence-corrected chi connectivity index (χ4v) is 2.66. The summed E-state index contributed by atoms with van der Waals surface area (Å²) in [5.74, 6) is -58.8. The average Bonchev–Trinajstić information content (AvgIpc) is 2.76. The maximum Gasteiger partial charge on any atom is 0.460 e. The van der Waals surface area contributed by atoms with E-state index in [9.17, 15) is 79.4 Å². The monoisotopic (exact) mass is 596 g/mol. The van der Waals surface area contributed by atoms with E-state index in [1.54, 1.807) is 0 Å². The minimum absolute atomic E-state index is 0.183. The first-order chi connectivity index (χ1) is 16.6. The van der Waals surface area contributed by atoms with Crippen LogP contribution < -0.4 is 0 Å². The molecule has 1 unspecified atom stereocenters. The highest BCUT2D eigenvalue weighted by Crippen LogP contribution is 2.64. The van der Waals surface area contributed by atoms with E-state index < -0.39 is 72.5 Å². The lowest BCUT2D eigenvalue weighted by Crippen LogP contribution is -2.74. The van der Waals surface area contributed by atoms with Crippen molar-refractivity contribution in [3.8, 4) is 0 Å². The van der Waals surface area contributed by atoms with Gasteiger partial charge in [-0.3, -0.25) is 4.79 Å². The van der Waals surface area contributed by atoms with Crippen LogP contribution in [0.2, 0.25) is 0 Å². The number of benzene rings is 1. The van der Waals surface area contributed by atoms with Crippen molar-refractivity contribution < 1.29 is 84.2 Å². The number of hydrogen-bond donors (Lipinski definition) is 0. The highest BCUT2D eigenvalue weighted by Gasteiger charge is 2.95. The van der Waals surface area contributed by atoms with Crippen molar-refractivity contribution in [2.45, 2.75) is 73.5 Å². The van der Waals surface area contributed by atoms with Gasteiger partial charge >= 0.3 is 53.6 Å². The van der Waals surface area contributed by atoms with Crippen LogP contribution in [0.3, 0.4) is 0 Å². The molecule has 0 radical (unpaired) electrons. The van der Waals surface area contributed by atoms with Crippen molar-refractivity contribution >= 4 is 5.97 Å². The van der Waals surface area contributed by atoms with E-state index in [4.69, 9.17) is 0 Å². The minimum atomic E-state index is -8.69. The van der Waals surface area contributed by atoms with E-state index in [0.717, 1.165) is 6.92 Å². The van der Waals surface area contributed by atoms with Gasteiger partial charge in [0.25, 0.3) is 0 Å². The molecule has 19 heteroatoms. The number of carbonyl (C=O) groups is 1. The molecule has 0 aliphatic rings. The normalized spacial score (nSPS) is 15.8. The highest BCUT2D eigenvalue weighted by atomic mass is 19.4. The molecule has 0 aromatic heterocycles.